The molecule has 0 rings (SSSR count). The van der Waals surface area contributed by atoms with Crippen LogP contribution in [0.1, 0.15) is 0 Å². The lowest BCUT2D eigenvalue weighted by Crippen LogP contribution is -2.64. The summed E-state index contributed by atoms with van der Waals surface area (Å²) in [5, 5.41) is -10.2. The number of hydrogen-bond acceptors (Lipinski definition) is 0. The topological polar surface area (TPSA) is 0 Å². The molecule has 1 atom stereocenters. The summed E-state index contributed by atoms with van der Waals surface area (Å²) in [7, 11) is 0. The average molecular weight is 335 g/mol. The van der Waals surface area contributed by atoms with E-state index in [-0.39, 0.29) is 0 Å². The van der Waals surface area contributed by atoms with Gasteiger partial charge in [0, 0.05) is 0 Å². The van der Waals surface area contributed by atoms with E-state index in [0.717, 1.165) is 0 Å². The lowest BCUT2D eigenvalue weighted by molar-refractivity contribution is -0.351. The van der Waals surface area contributed by atoms with E-state index in [1.807, 2.05) is 0 Å². The van der Waals surface area contributed by atoms with Gasteiger partial charge in [-0.15, -0.1) is 11.6 Å². The SMILES string of the molecule is FC(F)C(Cl)C(F)(F)C(F)(F)C(F)(F)C(F)(F)Cl. The first-order valence-corrected chi connectivity index (χ1v) is 4.54. The van der Waals surface area contributed by atoms with E-state index in [1.54, 1.807) is 0 Å². The maximum atomic E-state index is 12.6. The van der Waals surface area contributed by atoms with Gasteiger partial charge in [-0.05, 0) is 11.6 Å². The summed E-state index contributed by atoms with van der Waals surface area (Å²) < 4.78 is 123. The predicted octanol–water partition coefficient (Wildman–Crippen LogP) is 4.60. The van der Waals surface area contributed by atoms with Crippen molar-refractivity contribution < 1.29 is 43.9 Å². The van der Waals surface area contributed by atoms with Gasteiger partial charge < -0.3 is 0 Å². The molecule has 0 aliphatic rings. The lowest BCUT2D eigenvalue weighted by atomic mass is 10.0. The molecule has 0 N–H and O–H groups in total. The van der Waals surface area contributed by atoms with E-state index in [1.165, 1.54) is 0 Å². The van der Waals surface area contributed by atoms with Crippen molar-refractivity contribution in [3.05, 3.63) is 0 Å². The van der Waals surface area contributed by atoms with E-state index >= 15 is 0 Å². The maximum Gasteiger partial charge on any atom is 0.392 e. The van der Waals surface area contributed by atoms with Crippen LogP contribution >= 0.6 is 23.2 Å². The van der Waals surface area contributed by atoms with Gasteiger partial charge in [0.05, 0.1) is 0 Å². The highest BCUT2D eigenvalue weighted by Gasteiger charge is 2.82. The van der Waals surface area contributed by atoms with Crippen molar-refractivity contribution in [3.8, 4) is 0 Å². The molecule has 0 saturated heterocycles. The second-order valence-corrected chi connectivity index (χ2v) is 3.95. The second kappa shape index (κ2) is 4.77. The van der Waals surface area contributed by atoms with Crippen molar-refractivity contribution in [1.29, 1.82) is 0 Å². The zero-order valence-corrected chi connectivity index (χ0v) is 9.20. The molecule has 0 radical (unpaired) electrons. The fourth-order valence-electron chi connectivity index (χ4n) is 0.719. The summed E-state index contributed by atoms with van der Waals surface area (Å²) in [5.74, 6) is -20.0. The third kappa shape index (κ3) is 2.59. The molecule has 0 aromatic heterocycles. The zero-order valence-electron chi connectivity index (χ0n) is 7.69. The minimum absolute atomic E-state index is 3.57. The van der Waals surface area contributed by atoms with E-state index in [4.69, 9.17) is 0 Å². The van der Waals surface area contributed by atoms with Gasteiger partial charge in [-0.2, -0.15) is 35.1 Å². The van der Waals surface area contributed by atoms with E-state index < -0.39 is 35.0 Å². The molecule has 0 bridgehead atoms. The van der Waals surface area contributed by atoms with Gasteiger partial charge in [-0.1, -0.05) is 0 Å². The molecule has 0 aliphatic heterocycles. The van der Waals surface area contributed by atoms with Gasteiger partial charge in [0.1, 0.15) is 0 Å². The van der Waals surface area contributed by atoms with Crippen molar-refractivity contribution in [2.75, 3.05) is 0 Å². The first-order chi connectivity index (χ1) is 7.60. The van der Waals surface area contributed by atoms with Crippen LogP contribution in [-0.4, -0.2) is 35.0 Å². The van der Waals surface area contributed by atoms with E-state index in [0.29, 0.717) is 0 Å². The molecule has 1 unspecified atom stereocenters. The summed E-state index contributed by atoms with van der Waals surface area (Å²) >= 11 is 7.72. The van der Waals surface area contributed by atoms with Crippen LogP contribution in [0.3, 0.4) is 0 Å². The third-order valence-electron chi connectivity index (χ3n) is 1.74. The van der Waals surface area contributed by atoms with Gasteiger partial charge in [-0.25, -0.2) is 8.78 Å². The van der Waals surface area contributed by atoms with Crippen LogP contribution in [0.15, 0.2) is 0 Å². The Kier molecular flexibility index (Phi) is 4.74. The quantitative estimate of drug-likeness (QED) is 0.509. The normalized spacial score (nSPS) is 17.2. The van der Waals surface area contributed by atoms with Crippen LogP contribution in [0.5, 0.6) is 0 Å². The van der Waals surface area contributed by atoms with Gasteiger partial charge in [0.15, 0.2) is 5.38 Å². The van der Waals surface area contributed by atoms with Crippen LogP contribution in [0.25, 0.3) is 0 Å². The highest BCUT2D eigenvalue weighted by atomic mass is 35.5. The Balaban J connectivity index is 5.64. The molecule has 0 nitrogen and oxygen atoms in total. The molecule has 0 saturated carbocycles. The Bertz CT molecular complexity index is 295. The van der Waals surface area contributed by atoms with Crippen molar-refractivity contribution in [2.45, 2.75) is 35.0 Å². The first-order valence-electron chi connectivity index (χ1n) is 3.73. The van der Waals surface area contributed by atoms with Crippen LogP contribution < -0.4 is 0 Å². The molecular weight excluding hydrogens is 333 g/mol. The number of halogens is 12. The van der Waals surface area contributed by atoms with E-state index in [9.17, 15) is 43.9 Å². The average Bonchev–Trinajstić information content (AvgIpc) is 2.13. The molecular formula is C6H2Cl2F10. The molecule has 0 aliphatic carbocycles. The van der Waals surface area contributed by atoms with Gasteiger partial charge in [0.25, 0.3) is 6.43 Å². The Morgan fingerprint density at radius 2 is 1.06 bits per heavy atom. The van der Waals surface area contributed by atoms with Crippen molar-refractivity contribution >= 4 is 23.2 Å². The highest BCUT2D eigenvalue weighted by Crippen LogP contribution is 2.56. The Morgan fingerprint density at radius 1 is 0.722 bits per heavy atom. The summed E-state index contributed by atoms with van der Waals surface area (Å²) in [5.41, 5.74) is 0. The maximum absolute atomic E-state index is 12.6. The smallest absolute Gasteiger partial charge is 0.209 e. The van der Waals surface area contributed by atoms with Crippen molar-refractivity contribution in [2.24, 2.45) is 0 Å². The fourth-order valence-corrected chi connectivity index (χ4v) is 0.974. The molecule has 0 heterocycles. The number of hydrogen-bond donors (Lipinski definition) is 0. The molecule has 110 valence electrons. The molecule has 18 heavy (non-hydrogen) atoms. The predicted molar refractivity (Wildman–Crippen MR) is 41.3 cm³/mol. The minimum Gasteiger partial charge on any atom is -0.209 e. The van der Waals surface area contributed by atoms with E-state index in [2.05, 4.69) is 23.2 Å². The zero-order chi connectivity index (χ0) is 15.2. The molecule has 0 amide bonds. The van der Waals surface area contributed by atoms with Crippen LogP contribution in [0.4, 0.5) is 43.9 Å². The highest BCUT2D eigenvalue weighted by molar-refractivity contribution is 6.22. The molecule has 0 aromatic carbocycles. The summed E-state index contributed by atoms with van der Waals surface area (Å²) in [6.45, 7) is 0. The Morgan fingerprint density at radius 3 is 1.28 bits per heavy atom. The van der Waals surface area contributed by atoms with Crippen molar-refractivity contribution in [3.63, 3.8) is 0 Å². The van der Waals surface area contributed by atoms with Gasteiger partial charge in [-0.3, -0.25) is 0 Å². The summed E-state index contributed by atoms with van der Waals surface area (Å²) in [4.78, 5) is 0. The van der Waals surface area contributed by atoms with Crippen LogP contribution in [0, 0.1) is 0 Å². The minimum atomic E-state index is -6.88. The number of rotatable bonds is 5. The van der Waals surface area contributed by atoms with Crippen LogP contribution in [0.2, 0.25) is 0 Å². The molecule has 0 fully saturated rings. The van der Waals surface area contributed by atoms with Crippen molar-refractivity contribution in [1.82, 2.24) is 0 Å². The Hall–Kier alpha value is -0.120. The molecule has 12 heteroatoms. The van der Waals surface area contributed by atoms with Gasteiger partial charge in [0.2, 0.25) is 0 Å². The van der Waals surface area contributed by atoms with Crippen LogP contribution in [-0.2, 0) is 0 Å². The number of alkyl halides is 12. The summed E-state index contributed by atoms with van der Waals surface area (Å²) in [6.07, 6.45) is -4.35. The summed E-state index contributed by atoms with van der Waals surface area (Å²) in [6, 6.07) is 0. The van der Waals surface area contributed by atoms with Gasteiger partial charge >= 0.3 is 23.1 Å². The largest absolute Gasteiger partial charge is 0.392 e. The monoisotopic (exact) mass is 334 g/mol. The molecule has 0 spiro atoms. The Labute approximate surface area is 103 Å². The second-order valence-electron chi connectivity index (χ2n) is 3.01. The first kappa shape index (κ1) is 17.9. The standard InChI is InChI=1S/C6H2Cl2F10/c7-1(2(9)10)3(11,12)4(13,14)5(15,16)6(8,17)18/h1-2H. The fraction of sp³-hybridized carbons (Fsp3) is 1.00. The lowest BCUT2D eigenvalue weighted by Gasteiger charge is -2.36. The third-order valence-corrected chi connectivity index (χ3v) is 2.44. The molecule has 0 aromatic rings.